The fraction of sp³-hybridized carbons (Fsp3) is 0.778. The first-order valence-electron chi connectivity index (χ1n) is 4.33. The fourth-order valence-electron chi connectivity index (χ4n) is 0.879. The summed E-state index contributed by atoms with van der Waals surface area (Å²) in [7, 11) is 5.37. The van der Waals surface area contributed by atoms with Gasteiger partial charge in [-0.05, 0) is 20.0 Å². The van der Waals surface area contributed by atoms with Gasteiger partial charge in [0.05, 0.1) is 12.6 Å². The molecule has 0 saturated carbocycles. The second kappa shape index (κ2) is 6.44. The average Bonchev–Trinajstić information content (AvgIpc) is 2.04. The van der Waals surface area contributed by atoms with Gasteiger partial charge in [-0.1, -0.05) is 0 Å². The first-order chi connectivity index (χ1) is 6.07. The van der Waals surface area contributed by atoms with Gasteiger partial charge in [-0.2, -0.15) is 5.26 Å². The van der Waals surface area contributed by atoms with Crippen molar-refractivity contribution in [2.45, 2.75) is 12.8 Å². The number of carbonyl (C=O) groups is 1. The number of likely N-dealkylation sites (N-methyl/N-ethyl adjacent to an activating group) is 2. The topological polar surface area (TPSA) is 47.3 Å². The Bertz CT molecular complexity index is 196. The summed E-state index contributed by atoms with van der Waals surface area (Å²) in [6, 6.07) is 2.08. The number of hydrogen-bond donors (Lipinski definition) is 0. The molecule has 0 aliphatic rings. The minimum Gasteiger partial charge on any atom is -0.348 e. The Kier molecular flexibility index (Phi) is 5.90. The predicted octanol–water partition coefficient (Wildman–Crippen LogP) is 0.310. The van der Waals surface area contributed by atoms with E-state index in [0.717, 1.165) is 13.0 Å². The zero-order chi connectivity index (χ0) is 10.3. The Balaban J connectivity index is 3.57. The van der Waals surface area contributed by atoms with Crippen LogP contribution < -0.4 is 0 Å². The molecule has 0 aromatic carbocycles. The number of nitrogens with zero attached hydrogens (tertiary/aromatic N) is 3. The number of rotatable bonds is 5. The van der Waals surface area contributed by atoms with Gasteiger partial charge in [0.15, 0.2) is 0 Å². The van der Waals surface area contributed by atoms with Crippen molar-refractivity contribution in [2.24, 2.45) is 0 Å². The fourth-order valence-corrected chi connectivity index (χ4v) is 0.879. The Labute approximate surface area is 79.7 Å². The van der Waals surface area contributed by atoms with Crippen LogP contribution in [0.1, 0.15) is 12.8 Å². The molecular weight excluding hydrogens is 166 g/mol. The van der Waals surface area contributed by atoms with Crippen molar-refractivity contribution in [1.82, 2.24) is 9.80 Å². The van der Waals surface area contributed by atoms with Gasteiger partial charge in [0.25, 0.3) is 0 Å². The van der Waals surface area contributed by atoms with E-state index in [4.69, 9.17) is 5.26 Å². The van der Waals surface area contributed by atoms with Gasteiger partial charge in [0.2, 0.25) is 5.91 Å². The lowest BCUT2D eigenvalue weighted by Gasteiger charge is -2.17. The molecule has 0 heterocycles. The molecule has 0 saturated heterocycles. The Morgan fingerprint density at radius 1 is 1.38 bits per heavy atom. The van der Waals surface area contributed by atoms with Crippen molar-refractivity contribution < 1.29 is 4.79 Å². The molecule has 0 aliphatic heterocycles. The van der Waals surface area contributed by atoms with Crippen molar-refractivity contribution in [2.75, 3.05) is 34.2 Å². The van der Waals surface area contributed by atoms with Crippen LogP contribution in [0.4, 0.5) is 0 Å². The van der Waals surface area contributed by atoms with Gasteiger partial charge in [-0.15, -0.1) is 0 Å². The molecule has 0 spiro atoms. The molecule has 0 fully saturated rings. The third-order valence-electron chi connectivity index (χ3n) is 1.73. The van der Waals surface area contributed by atoms with E-state index in [1.165, 1.54) is 0 Å². The van der Waals surface area contributed by atoms with E-state index < -0.39 is 0 Å². The second-order valence-electron chi connectivity index (χ2n) is 3.29. The quantitative estimate of drug-likeness (QED) is 0.576. The van der Waals surface area contributed by atoms with Crippen molar-refractivity contribution in [3.8, 4) is 6.07 Å². The van der Waals surface area contributed by atoms with Crippen LogP contribution in [-0.4, -0.2) is 49.9 Å². The zero-order valence-electron chi connectivity index (χ0n) is 8.58. The molecule has 0 radical (unpaired) electrons. The molecule has 0 aromatic rings. The lowest BCUT2D eigenvalue weighted by Crippen LogP contribution is -2.34. The van der Waals surface area contributed by atoms with Crippen LogP contribution in [-0.2, 0) is 4.79 Å². The lowest BCUT2D eigenvalue weighted by atomic mass is 10.3. The van der Waals surface area contributed by atoms with E-state index in [0.29, 0.717) is 13.0 Å². The van der Waals surface area contributed by atoms with Gasteiger partial charge in [0.1, 0.15) is 0 Å². The minimum absolute atomic E-state index is 0.0967. The maximum atomic E-state index is 11.2. The summed E-state index contributed by atoms with van der Waals surface area (Å²) in [5.74, 6) is 0.0967. The molecule has 0 rings (SSSR count). The lowest BCUT2D eigenvalue weighted by molar-refractivity contribution is -0.129. The average molecular weight is 183 g/mol. The first kappa shape index (κ1) is 11.9. The number of unbranched alkanes of at least 4 members (excludes halogenated alkanes) is 1. The number of carbonyl (C=O) groups excluding carboxylic acids is 1. The van der Waals surface area contributed by atoms with Crippen LogP contribution in [0.3, 0.4) is 0 Å². The van der Waals surface area contributed by atoms with E-state index in [1.54, 1.807) is 19.0 Å². The molecular formula is C9H17N3O. The maximum Gasteiger partial charge on any atom is 0.236 e. The number of hydrogen-bond acceptors (Lipinski definition) is 3. The highest BCUT2D eigenvalue weighted by atomic mass is 16.2. The predicted molar refractivity (Wildman–Crippen MR) is 51.0 cm³/mol. The van der Waals surface area contributed by atoms with Crippen LogP contribution >= 0.6 is 0 Å². The number of nitriles is 1. The summed E-state index contributed by atoms with van der Waals surface area (Å²) in [4.78, 5) is 14.7. The van der Waals surface area contributed by atoms with Gasteiger partial charge in [-0.3, -0.25) is 9.69 Å². The van der Waals surface area contributed by atoms with E-state index in [2.05, 4.69) is 6.07 Å². The summed E-state index contributed by atoms with van der Waals surface area (Å²) in [6.45, 7) is 1.23. The molecule has 74 valence electrons. The van der Waals surface area contributed by atoms with Crippen LogP contribution in [0.15, 0.2) is 0 Å². The summed E-state index contributed by atoms with van der Waals surface area (Å²) in [6.07, 6.45) is 1.38. The minimum atomic E-state index is 0.0967. The normalized spacial score (nSPS) is 9.77. The van der Waals surface area contributed by atoms with Crippen molar-refractivity contribution in [1.29, 1.82) is 5.26 Å². The molecule has 13 heavy (non-hydrogen) atoms. The molecule has 0 aromatic heterocycles. The standard InChI is InChI=1S/C9H17N3O/c1-11(2)9(13)8-12(3)7-5-4-6-10/h4-5,7-8H2,1-3H3. The van der Waals surface area contributed by atoms with Crippen LogP contribution in [0.5, 0.6) is 0 Å². The van der Waals surface area contributed by atoms with E-state index in [9.17, 15) is 4.79 Å². The molecule has 0 N–H and O–H groups in total. The molecule has 4 heteroatoms. The Hall–Kier alpha value is -1.08. The molecule has 0 bridgehead atoms. The van der Waals surface area contributed by atoms with Gasteiger partial charge >= 0.3 is 0 Å². The second-order valence-corrected chi connectivity index (χ2v) is 3.29. The molecule has 0 atom stereocenters. The van der Waals surface area contributed by atoms with Gasteiger partial charge in [0, 0.05) is 20.5 Å². The summed E-state index contributed by atoms with van der Waals surface area (Å²) < 4.78 is 0. The molecule has 4 nitrogen and oxygen atoms in total. The highest BCUT2D eigenvalue weighted by molar-refractivity contribution is 5.77. The van der Waals surface area contributed by atoms with Gasteiger partial charge in [-0.25, -0.2) is 0 Å². The van der Waals surface area contributed by atoms with Crippen LogP contribution in [0, 0.1) is 11.3 Å². The summed E-state index contributed by atoms with van der Waals surface area (Å²) in [5.41, 5.74) is 0. The largest absolute Gasteiger partial charge is 0.348 e. The smallest absolute Gasteiger partial charge is 0.236 e. The maximum absolute atomic E-state index is 11.2. The Morgan fingerprint density at radius 3 is 2.46 bits per heavy atom. The summed E-state index contributed by atoms with van der Waals surface area (Å²) >= 11 is 0. The molecule has 0 unspecified atom stereocenters. The van der Waals surface area contributed by atoms with Crippen molar-refractivity contribution in [3.05, 3.63) is 0 Å². The molecule has 0 aliphatic carbocycles. The highest BCUT2D eigenvalue weighted by Gasteiger charge is 2.07. The van der Waals surface area contributed by atoms with E-state index in [1.807, 2.05) is 11.9 Å². The molecule has 1 amide bonds. The summed E-state index contributed by atoms with van der Waals surface area (Å²) in [5, 5.41) is 8.31. The number of amides is 1. The van der Waals surface area contributed by atoms with E-state index in [-0.39, 0.29) is 5.91 Å². The van der Waals surface area contributed by atoms with Crippen molar-refractivity contribution >= 4 is 5.91 Å². The first-order valence-corrected chi connectivity index (χ1v) is 4.33. The van der Waals surface area contributed by atoms with E-state index >= 15 is 0 Å². The van der Waals surface area contributed by atoms with Crippen LogP contribution in [0.25, 0.3) is 0 Å². The van der Waals surface area contributed by atoms with Gasteiger partial charge < -0.3 is 4.90 Å². The third-order valence-corrected chi connectivity index (χ3v) is 1.73. The highest BCUT2D eigenvalue weighted by Crippen LogP contribution is 1.92. The zero-order valence-corrected chi connectivity index (χ0v) is 8.58. The third kappa shape index (κ3) is 6.12. The Morgan fingerprint density at radius 2 is 2.00 bits per heavy atom. The van der Waals surface area contributed by atoms with Crippen molar-refractivity contribution in [3.63, 3.8) is 0 Å². The SMILES string of the molecule is CN(CCCC#N)CC(=O)N(C)C. The monoisotopic (exact) mass is 183 g/mol. The van der Waals surface area contributed by atoms with Crippen LogP contribution in [0.2, 0.25) is 0 Å².